The predicted octanol–water partition coefficient (Wildman–Crippen LogP) is 2.03. The first-order valence-electron chi connectivity index (χ1n) is 6.56. The first kappa shape index (κ1) is 16.1. The van der Waals surface area contributed by atoms with Crippen LogP contribution >= 0.6 is 0 Å². The summed E-state index contributed by atoms with van der Waals surface area (Å²) in [6, 6.07) is 6.49. The molecule has 0 aliphatic heterocycles. The van der Waals surface area contributed by atoms with Gasteiger partial charge < -0.3 is 5.32 Å². The van der Waals surface area contributed by atoms with Gasteiger partial charge in [0.2, 0.25) is 0 Å². The van der Waals surface area contributed by atoms with Crippen molar-refractivity contribution < 1.29 is 12.8 Å². The highest BCUT2D eigenvalue weighted by atomic mass is 32.2. The molecule has 0 fully saturated rings. The lowest BCUT2D eigenvalue weighted by Crippen LogP contribution is -2.24. The van der Waals surface area contributed by atoms with E-state index in [1.54, 1.807) is 13.0 Å². The topological polar surface area (TPSA) is 46.2 Å². The molecule has 0 radical (unpaired) electrons. The molecule has 1 unspecified atom stereocenters. The lowest BCUT2D eigenvalue weighted by atomic mass is 9.97. The third-order valence-corrected chi connectivity index (χ3v) is 4.92. The average molecular weight is 287 g/mol. The maximum atomic E-state index is 13.1. The van der Waals surface area contributed by atoms with Gasteiger partial charge in [0.15, 0.2) is 0 Å². The summed E-state index contributed by atoms with van der Waals surface area (Å²) in [6.07, 6.45) is 1.30. The minimum atomic E-state index is -2.94. The Kier molecular flexibility index (Phi) is 6.45. The van der Waals surface area contributed by atoms with E-state index in [1.165, 1.54) is 12.1 Å². The Bertz CT molecular complexity index is 488. The predicted molar refractivity (Wildman–Crippen MR) is 76.5 cm³/mol. The number of sulfone groups is 1. The Hall–Kier alpha value is -0.940. The molecule has 1 N–H and O–H groups in total. The molecule has 3 nitrogen and oxygen atoms in total. The minimum absolute atomic E-state index is 0.180. The van der Waals surface area contributed by atoms with E-state index in [2.05, 4.69) is 5.32 Å². The molecule has 0 heterocycles. The fraction of sp³-hybridized carbons (Fsp3) is 0.571. The van der Waals surface area contributed by atoms with E-state index in [0.29, 0.717) is 12.8 Å². The quantitative estimate of drug-likeness (QED) is 0.796. The molecule has 19 heavy (non-hydrogen) atoms. The molecule has 108 valence electrons. The first-order valence-corrected chi connectivity index (χ1v) is 8.38. The summed E-state index contributed by atoms with van der Waals surface area (Å²) < 4.78 is 36.2. The van der Waals surface area contributed by atoms with Gasteiger partial charge in [-0.25, -0.2) is 12.8 Å². The van der Waals surface area contributed by atoms with Gasteiger partial charge in [0.05, 0.1) is 5.75 Å². The van der Waals surface area contributed by atoms with Gasteiger partial charge in [0, 0.05) is 5.75 Å². The number of rotatable bonds is 8. The monoisotopic (exact) mass is 287 g/mol. The third kappa shape index (κ3) is 6.16. The molecule has 0 aliphatic rings. The fourth-order valence-electron chi connectivity index (χ4n) is 2.05. The maximum absolute atomic E-state index is 13.1. The van der Waals surface area contributed by atoms with E-state index < -0.39 is 9.84 Å². The van der Waals surface area contributed by atoms with E-state index in [9.17, 15) is 12.8 Å². The summed E-state index contributed by atoms with van der Waals surface area (Å²) in [5.74, 6) is 0.333. The van der Waals surface area contributed by atoms with Gasteiger partial charge in [0.25, 0.3) is 0 Å². The zero-order valence-corrected chi connectivity index (χ0v) is 12.3. The van der Waals surface area contributed by atoms with Crippen LogP contribution in [-0.2, 0) is 16.3 Å². The standard InChI is InChI=1S/C14H22FNO2S/c1-3-19(17,18)8-7-13(11-16-2)9-12-5-4-6-14(15)10-12/h4-6,10,13,16H,3,7-9,11H2,1-2H3. The van der Waals surface area contributed by atoms with Crippen molar-refractivity contribution in [1.29, 1.82) is 0 Å². The number of hydrogen-bond acceptors (Lipinski definition) is 3. The number of hydrogen-bond donors (Lipinski definition) is 1. The van der Waals surface area contributed by atoms with Crippen molar-refractivity contribution in [3.8, 4) is 0 Å². The van der Waals surface area contributed by atoms with Gasteiger partial charge in [0.1, 0.15) is 15.7 Å². The zero-order chi connectivity index (χ0) is 14.3. The zero-order valence-electron chi connectivity index (χ0n) is 11.5. The molecule has 0 saturated carbocycles. The van der Waals surface area contributed by atoms with Crippen molar-refractivity contribution in [3.63, 3.8) is 0 Å². The van der Waals surface area contributed by atoms with Crippen LogP contribution in [0.5, 0.6) is 0 Å². The molecule has 1 rings (SSSR count). The molecule has 0 aromatic heterocycles. The van der Waals surface area contributed by atoms with Gasteiger partial charge in [-0.15, -0.1) is 0 Å². The number of benzene rings is 1. The van der Waals surface area contributed by atoms with Crippen molar-refractivity contribution in [2.24, 2.45) is 5.92 Å². The summed E-state index contributed by atoms with van der Waals surface area (Å²) in [6.45, 7) is 2.39. The Labute approximate surface area is 115 Å². The minimum Gasteiger partial charge on any atom is -0.319 e. The van der Waals surface area contributed by atoms with Crippen molar-refractivity contribution >= 4 is 9.84 Å². The first-order chi connectivity index (χ1) is 8.96. The Morgan fingerprint density at radius 3 is 2.68 bits per heavy atom. The molecule has 1 atom stereocenters. The second kappa shape index (κ2) is 7.60. The molecule has 0 aliphatic carbocycles. The Morgan fingerprint density at radius 1 is 1.37 bits per heavy atom. The van der Waals surface area contributed by atoms with Crippen LogP contribution in [0.4, 0.5) is 4.39 Å². The van der Waals surface area contributed by atoms with Gasteiger partial charge in [-0.3, -0.25) is 0 Å². The van der Waals surface area contributed by atoms with Gasteiger partial charge in [-0.2, -0.15) is 0 Å². The Morgan fingerprint density at radius 2 is 2.11 bits per heavy atom. The van der Waals surface area contributed by atoms with Crippen molar-refractivity contribution in [2.45, 2.75) is 19.8 Å². The van der Waals surface area contributed by atoms with E-state index >= 15 is 0 Å². The highest BCUT2D eigenvalue weighted by Gasteiger charge is 2.14. The summed E-state index contributed by atoms with van der Waals surface area (Å²) in [5.41, 5.74) is 0.911. The van der Waals surface area contributed by atoms with Crippen LogP contribution in [-0.4, -0.2) is 33.5 Å². The fourth-order valence-corrected chi connectivity index (χ4v) is 3.03. The van der Waals surface area contributed by atoms with Crippen LogP contribution < -0.4 is 5.32 Å². The average Bonchev–Trinajstić information content (AvgIpc) is 2.36. The van der Waals surface area contributed by atoms with Crippen LogP contribution in [0.25, 0.3) is 0 Å². The molecular weight excluding hydrogens is 265 g/mol. The molecule has 1 aromatic rings. The second-order valence-electron chi connectivity index (χ2n) is 4.78. The van der Waals surface area contributed by atoms with Crippen LogP contribution in [0, 0.1) is 11.7 Å². The SMILES string of the molecule is CCS(=O)(=O)CCC(CNC)Cc1cccc(F)c1. The molecule has 5 heteroatoms. The maximum Gasteiger partial charge on any atom is 0.150 e. The Balaban J connectivity index is 2.62. The molecule has 0 amide bonds. The van der Waals surface area contributed by atoms with Crippen LogP contribution in [0.2, 0.25) is 0 Å². The lowest BCUT2D eigenvalue weighted by Gasteiger charge is -2.16. The van der Waals surface area contributed by atoms with E-state index in [1.807, 2.05) is 13.1 Å². The highest BCUT2D eigenvalue weighted by Crippen LogP contribution is 2.14. The number of nitrogens with one attached hydrogen (secondary N) is 1. The van der Waals surface area contributed by atoms with Crippen LogP contribution in [0.15, 0.2) is 24.3 Å². The van der Waals surface area contributed by atoms with E-state index in [0.717, 1.165) is 12.1 Å². The van der Waals surface area contributed by atoms with E-state index in [-0.39, 0.29) is 23.2 Å². The lowest BCUT2D eigenvalue weighted by molar-refractivity contribution is 0.476. The summed E-state index contributed by atoms with van der Waals surface area (Å²) in [5, 5.41) is 3.07. The van der Waals surface area contributed by atoms with Gasteiger partial charge >= 0.3 is 0 Å². The smallest absolute Gasteiger partial charge is 0.150 e. The summed E-state index contributed by atoms with van der Waals surface area (Å²) in [4.78, 5) is 0. The number of halogens is 1. The van der Waals surface area contributed by atoms with Crippen molar-refractivity contribution in [3.05, 3.63) is 35.6 Å². The van der Waals surface area contributed by atoms with Gasteiger partial charge in [-0.05, 0) is 50.0 Å². The van der Waals surface area contributed by atoms with Crippen molar-refractivity contribution in [2.75, 3.05) is 25.1 Å². The summed E-state index contributed by atoms with van der Waals surface area (Å²) in [7, 11) is -1.09. The van der Waals surface area contributed by atoms with Crippen LogP contribution in [0.1, 0.15) is 18.9 Å². The normalized spacial score (nSPS) is 13.4. The highest BCUT2D eigenvalue weighted by molar-refractivity contribution is 7.91. The molecule has 0 saturated heterocycles. The largest absolute Gasteiger partial charge is 0.319 e. The molecular formula is C14H22FNO2S. The van der Waals surface area contributed by atoms with Crippen molar-refractivity contribution in [1.82, 2.24) is 5.32 Å². The summed E-state index contributed by atoms with van der Waals surface area (Å²) >= 11 is 0. The van der Waals surface area contributed by atoms with Crippen LogP contribution in [0.3, 0.4) is 0 Å². The molecule has 0 spiro atoms. The molecule has 1 aromatic carbocycles. The van der Waals surface area contributed by atoms with Gasteiger partial charge in [-0.1, -0.05) is 19.1 Å². The second-order valence-corrected chi connectivity index (χ2v) is 7.26. The molecule has 0 bridgehead atoms. The van der Waals surface area contributed by atoms with E-state index in [4.69, 9.17) is 0 Å². The third-order valence-electron chi connectivity index (χ3n) is 3.18.